The predicted octanol–water partition coefficient (Wildman–Crippen LogP) is 0.876. The number of hydrogen-bond acceptors (Lipinski definition) is 5. The number of carboxylic acid groups (broad SMARTS) is 1. The molecular weight excluding hydrogens is 304 g/mol. The van der Waals surface area contributed by atoms with Crippen LogP contribution in [0.4, 0.5) is 4.79 Å². The highest BCUT2D eigenvalue weighted by Crippen LogP contribution is 2.10. The van der Waals surface area contributed by atoms with Crippen molar-refractivity contribution in [3.63, 3.8) is 0 Å². The van der Waals surface area contributed by atoms with Gasteiger partial charge in [-0.1, -0.05) is 13.8 Å². The molecule has 3 atom stereocenters. The van der Waals surface area contributed by atoms with Crippen LogP contribution in [-0.2, 0) is 14.3 Å². The minimum atomic E-state index is -1.45. The number of rotatable bonds is 7. The van der Waals surface area contributed by atoms with Gasteiger partial charge in [-0.2, -0.15) is 0 Å². The molecule has 0 heterocycles. The summed E-state index contributed by atoms with van der Waals surface area (Å²) in [5.74, 6) is -1.96. The molecule has 0 saturated carbocycles. The van der Waals surface area contributed by atoms with Crippen LogP contribution in [-0.4, -0.2) is 52.0 Å². The molecule has 0 aliphatic heterocycles. The Bertz CT molecular complexity index is 428. The molecule has 4 N–H and O–H groups in total. The molecule has 0 saturated heterocycles. The molecule has 8 nitrogen and oxygen atoms in total. The van der Waals surface area contributed by atoms with Gasteiger partial charge < -0.3 is 25.6 Å². The van der Waals surface area contributed by atoms with Crippen LogP contribution in [0.15, 0.2) is 0 Å². The van der Waals surface area contributed by atoms with Crippen LogP contribution >= 0.6 is 0 Å². The van der Waals surface area contributed by atoms with Gasteiger partial charge in [0.1, 0.15) is 11.6 Å². The summed E-state index contributed by atoms with van der Waals surface area (Å²) >= 11 is 0. The maximum Gasteiger partial charge on any atom is 0.408 e. The Morgan fingerprint density at radius 2 is 1.61 bits per heavy atom. The first-order chi connectivity index (χ1) is 10.3. The zero-order chi connectivity index (χ0) is 18.4. The van der Waals surface area contributed by atoms with E-state index in [0.29, 0.717) is 6.42 Å². The first-order valence-electron chi connectivity index (χ1n) is 7.54. The van der Waals surface area contributed by atoms with E-state index in [1.807, 2.05) is 13.8 Å². The fourth-order valence-electron chi connectivity index (χ4n) is 1.80. The lowest BCUT2D eigenvalue weighted by Crippen LogP contribution is -2.55. The summed E-state index contributed by atoms with van der Waals surface area (Å²) in [5.41, 5.74) is -0.716. The van der Waals surface area contributed by atoms with E-state index in [1.165, 1.54) is 6.92 Å². The van der Waals surface area contributed by atoms with Gasteiger partial charge in [0.05, 0.1) is 6.10 Å². The van der Waals surface area contributed by atoms with E-state index < -0.39 is 41.8 Å². The number of carboxylic acids is 1. The Kier molecular flexibility index (Phi) is 8.02. The molecular formula is C15H28N2O6. The zero-order valence-electron chi connectivity index (χ0n) is 14.5. The summed E-state index contributed by atoms with van der Waals surface area (Å²) in [6.45, 7) is 10.1. The van der Waals surface area contributed by atoms with Gasteiger partial charge in [0, 0.05) is 0 Å². The number of aliphatic hydroxyl groups is 1. The van der Waals surface area contributed by atoms with Crippen molar-refractivity contribution in [1.29, 1.82) is 0 Å². The van der Waals surface area contributed by atoms with Crippen LogP contribution in [0.25, 0.3) is 0 Å². The number of amides is 2. The average Bonchev–Trinajstić information content (AvgIpc) is 2.30. The second-order valence-corrected chi connectivity index (χ2v) is 6.89. The largest absolute Gasteiger partial charge is 0.480 e. The second-order valence-electron chi connectivity index (χ2n) is 6.89. The average molecular weight is 332 g/mol. The van der Waals surface area contributed by atoms with Gasteiger partial charge in [-0.15, -0.1) is 0 Å². The number of carbonyl (C=O) groups excluding carboxylic acids is 2. The molecule has 0 unspecified atom stereocenters. The Morgan fingerprint density at radius 3 is 1.96 bits per heavy atom. The summed E-state index contributed by atoms with van der Waals surface area (Å²) in [4.78, 5) is 35.1. The molecule has 0 fully saturated rings. The molecule has 0 aromatic rings. The summed E-state index contributed by atoms with van der Waals surface area (Å²) in [6, 6.07) is -2.40. The van der Waals surface area contributed by atoms with Crippen molar-refractivity contribution in [3.05, 3.63) is 0 Å². The molecule has 0 spiro atoms. The standard InChI is InChI=1S/C15H28N2O6/c1-8(2)7-10(16-14(22)23-15(4,5)6)12(19)17-11(9(3)18)13(20)21/h8-11,18H,7H2,1-6H3,(H,16,22)(H,17,19)(H,20,21)/t9-,10+,11+/m1/s1. The first-order valence-corrected chi connectivity index (χ1v) is 7.54. The molecule has 2 amide bonds. The number of aliphatic carboxylic acids is 1. The number of aliphatic hydroxyl groups excluding tert-OH is 1. The van der Waals surface area contributed by atoms with Crippen LogP contribution in [0.3, 0.4) is 0 Å². The van der Waals surface area contributed by atoms with E-state index in [9.17, 15) is 19.5 Å². The lowest BCUT2D eigenvalue weighted by molar-refractivity contribution is -0.145. The Morgan fingerprint density at radius 1 is 1.09 bits per heavy atom. The summed E-state index contributed by atoms with van der Waals surface area (Å²) in [6.07, 6.45) is -1.73. The third-order valence-electron chi connectivity index (χ3n) is 2.76. The fourth-order valence-corrected chi connectivity index (χ4v) is 1.80. The Balaban J connectivity index is 4.98. The monoisotopic (exact) mass is 332 g/mol. The van der Waals surface area contributed by atoms with Crippen molar-refractivity contribution >= 4 is 18.0 Å². The van der Waals surface area contributed by atoms with Gasteiger partial charge in [-0.25, -0.2) is 9.59 Å². The maximum absolute atomic E-state index is 12.2. The smallest absolute Gasteiger partial charge is 0.408 e. The lowest BCUT2D eigenvalue weighted by Gasteiger charge is -2.25. The highest BCUT2D eigenvalue weighted by atomic mass is 16.6. The predicted molar refractivity (Wildman–Crippen MR) is 83.9 cm³/mol. The maximum atomic E-state index is 12.2. The van der Waals surface area contributed by atoms with Crippen LogP contribution in [0.5, 0.6) is 0 Å². The van der Waals surface area contributed by atoms with Crippen LogP contribution in [0.1, 0.15) is 48.0 Å². The molecule has 0 rings (SSSR count). The summed E-state index contributed by atoms with van der Waals surface area (Å²) in [7, 11) is 0. The Hall–Kier alpha value is -1.83. The Labute approximate surface area is 136 Å². The summed E-state index contributed by atoms with van der Waals surface area (Å²) < 4.78 is 5.10. The quantitative estimate of drug-likeness (QED) is 0.548. The number of hydrogen-bond donors (Lipinski definition) is 4. The molecule has 134 valence electrons. The van der Waals surface area contributed by atoms with Crippen LogP contribution in [0.2, 0.25) is 0 Å². The van der Waals surface area contributed by atoms with Gasteiger partial charge in [-0.3, -0.25) is 4.79 Å². The number of nitrogens with one attached hydrogen (secondary N) is 2. The van der Waals surface area contributed by atoms with E-state index in [1.54, 1.807) is 20.8 Å². The molecule has 0 radical (unpaired) electrons. The number of alkyl carbamates (subject to hydrolysis) is 1. The van der Waals surface area contributed by atoms with E-state index in [2.05, 4.69) is 10.6 Å². The van der Waals surface area contributed by atoms with Gasteiger partial charge in [-0.05, 0) is 40.0 Å². The molecule has 0 aliphatic rings. The van der Waals surface area contributed by atoms with Gasteiger partial charge in [0.25, 0.3) is 0 Å². The van der Waals surface area contributed by atoms with Crippen molar-refractivity contribution in [2.75, 3.05) is 0 Å². The normalized spacial score (nSPS) is 15.5. The third kappa shape index (κ3) is 9.02. The number of ether oxygens (including phenoxy) is 1. The van der Waals surface area contributed by atoms with Gasteiger partial charge >= 0.3 is 12.1 Å². The van der Waals surface area contributed by atoms with Crippen molar-refractivity contribution in [3.8, 4) is 0 Å². The topological polar surface area (TPSA) is 125 Å². The number of carbonyl (C=O) groups is 3. The third-order valence-corrected chi connectivity index (χ3v) is 2.76. The molecule has 0 aromatic carbocycles. The van der Waals surface area contributed by atoms with Crippen molar-refractivity contribution in [2.45, 2.75) is 71.8 Å². The minimum Gasteiger partial charge on any atom is -0.480 e. The van der Waals surface area contributed by atoms with E-state index in [4.69, 9.17) is 9.84 Å². The van der Waals surface area contributed by atoms with Gasteiger partial charge in [0.15, 0.2) is 6.04 Å². The molecule has 8 heteroatoms. The van der Waals surface area contributed by atoms with Crippen molar-refractivity contribution in [1.82, 2.24) is 10.6 Å². The van der Waals surface area contributed by atoms with E-state index >= 15 is 0 Å². The van der Waals surface area contributed by atoms with E-state index in [-0.39, 0.29) is 5.92 Å². The molecule has 23 heavy (non-hydrogen) atoms. The molecule has 0 aliphatic carbocycles. The van der Waals surface area contributed by atoms with Crippen LogP contribution < -0.4 is 10.6 Å². The molecule has 0 bridgehead atoms. The minimum absolute atomic E-state index is 0.0792. The van der Waals surface area contributed by atoms with E-state index in [0.717, 1.165) is 0 Å². The lowest BCUT2D eigenvalue weighted by atomic mass is 10.0. The second kappa shape index (κ2) is 8.71. The highest BCUT2D eigenvalue weighted by molar-refractivity contribution is 5.89. The van der Waals surface area contributed by atoms with Crippen LogP contribution in [0, 0.1) is 5.92 Å². The zero-order valence-corrected chi connectivity index (χ0v) is 14.5. The SMILES string of the molecule is CC(C)C[C@H](NC(=O)OC(C)(C)C)C(=O)N[C@H](C(=O)O)[C@@H](C)O. The highest BCUT2D eigenvalue weighted by Gasteiger charge is 2.30. The molecule has 0 aromatic heterocycles. The summed E-state index contributed by atoms with van der Waals surface area (Å²) in [5, 5.41) is 23.1. The van der Waals surface area contributed by atoms with Gasteiger partial charge in [0.2, 0.25) is 5.91 Å². The van der Waals surface area contributed by atoms with Crippen molar-refractivity contribution < 1.29 is 29.3 Å². The first kappa shape index (κ1) is 21.2. The van der Waals surface area contributed by atoms with Crippen molar-refractivity contribution in [2.24, 2.45) is 5.92 Å². The fraction of sp³-hybridized carbons (Fsp3) is 0.800.